The number of rotatable bonds is 4. The number of nitrogens with zero attached hydrogens (tertiary/aromatic N) is 6. The molecule has 0 spiro atoms. The van der Waals surface area contributed by atoms with Crippen LogP contribution in [0.1, 0.15) is 31.4 Å². The molecule has 1 aromatic heterocycles. The molecule has 0 saturated carbocycles. The zero-order valence-electron chi connectivity index (χ0n) is 17.1. The van der Waals surface area contributed by atoms with Gasteiger partial charge in [-0.25, -0.2) is 15.0 Å². The van der Waals surface area contributed by atoms with E-state index in [1.54, 1.807) is 19.2 Å². The molecule has 4 heterocycles. The number of hydrogen-bond donors (Lipinski definition) is 2. The molecule has 3 aliphatic heterocycles. The number of piperidine rings is 1. The SMILES string of the molecule is CC(=O)N1CCC(Oc2cc(C3C=NC(N)=NC3N)nc(N3CCOCC3)n2)CC1. The molecule has 2 atom stereocenters. The Morgan fingerprint density at radius 2 is 1.93 bits per heavy atom. The first-order valence-corrected chi connectivity index (χ1v) is 10.3. The average Bonchev–Trinajstić information content (AvgIpc) is 2.74. The van der Waals surface area contributed by atoms with Gasteiger partial charge in [0.15, 0.2) is 0 Å². The van der Waals surface area contributed by atoms with Crippen LogP contribution in [0.5, 0.6) is 5.88 Å². The summed E-state index contributed by atoms with van der Waals surface area (Å²) in [4.78, 5) is 33.1. The van der Waals surface area contributed by atoms with Gasteiger partial charge in [0.05, 0.1) is 24.8 Å². The van der Waals surface area contributed by atoms with Crippen molar-refractivity contribution < 1.29 is 14.3 Å². The predicted molar refractivity (Wildman–Crippen MR) is 112 cm³/mol. The molecule has 0 bridgehead atoms. The van der Waals surface area contributed by atoms with E-state index in [1.165, 1.54) is 0 Å². The van der Waals surface area contributed by atoms with Gasteiger partial charge in [0.2, 0.25) is 23.7 Å². The Morgan fingerprint density at radius 3 is 2.60 bits per heavy atom. The van der Waals surface area contributed by atoms with Crippen molar-refractivity contribution >= 4 is 24.0 Å². The maximum Gasteiger partial charge on any atom is 0.229 e. The predicted octanol–water partition coefficient (Wildman–Crippen LogP) is -0.530. The molecule has 0 aromatic carbocycles. The number of likely N-dealkylation sites (tertiary alicyclic amines) is 1. The molecule has 0 radical (unpaired) electrons. The molecular formula is C19H28N8O3. The van der Waals surface area contributed by atoms with E-state index in [-0.39, 0.29) is 23.9 Å². The fraction of sp³-hybridized carbons (Fsp3) is 0.632. The second kappa shape index (κ2) is 8.92. The molecule has 30 heavy (non-hydrogen) atoms. The summed E-state index contributed by atoms with van der Waals surface area (Å²) in [6.45, 7) is 5.62. The summed E-state index contributed by atoms with van der Waals surface area (Å²) in [5.74, 6) is 1.01. The number of nitrogens with two attached hydrogens (primary N) is 2. The number of aromatic nitrogens is 2. The van der Waals surface area contributed by atoms with Gasteiger partial charge in [0.25, 0.3) is 0 Å². The van der Waals surface area contributed by atoms with Crippen molar-refractivity contribution in [1.82, 2.24) is 14.9 Å². The molecule has 4 N–H and O–H groups in total. The van der Waals surface area contributed by atoms with E-state index in [0.29, 0.717) is 56.9 Å². The summed E-state index contributed by atoms with van der Waals surface area (Å²) < 4.78 is 11.7. The quantitative estimate of drug-likeness (QED) is 0.666. The number of guanidine groups is 1. The summed E-state index contributed by atoms with van der Waals surface area (Å²) in [5.41, 5.74) is 12.5. The molecule has 2 fully saturated rings. The Labute approximate surface area is 175 Å². The second-order valence-corrected chi connectivity index (χ2v) is 7.64. The fourth-order valence-electron chi connectivity index (χ4n) is 3.79. The smallest absolute Gasteiger partial charge is 0.229 e. The summed E-state index contributed by atoms with van der Waals surface area (Å²) in [6.07, 6.45) is 2.62. The first-order valence-electron chi connectivity index (χ1n) is 10.3. The Morgan fingerprint density at radius 1 is 1.20 bits per heavy atom. The van der Waals surface area contributed by atoms with Crippen LogP contribution in [-0.4, -0.2) is 84.6 Å². The van der Waals surface area contributed by atoms with Gasteiger partial charge < -0.3 is 30.7 Å². The molecule has 2 saturated heterocycles. The second-order valence-electron chi connectivity index (χ2n) is 7.64. The Balaban J connectivity index is 1.56. The number of hydrogen-bond acceptors (Lipinski definition) is 10. The molecular weight excluding hydrogens is 388 g/mol. The van der Waals surface area contributed by atoms with E-state index in [0.717, 1.165) is 12.8 Å². The van der Waals surface area contributed by atoms with E-state index < -0.39 is 6.17 Å². The first kappa shape index (κ1) is 20.5. The van der Waals surface area contributed by atoms with Gasteiger partial charge in [-0.15, -0.1) is 0 Å². The molecule has 11 heteroatoms. The van der Waals surface area contributed by atoms with Crippen LogP contribution in [0.25, 0.3) is 0 Å². The van der Waals surface area contributed by atoms with Gasteiger partial charge in [-0.05, 0) is 0 Å². The van der Waals surface area contributed by atoms with E-state index in [9.17, 15) is 4.79 Å². The third kappa shape index (κ3) is 4.68. The molecule has 162 valence electrons. The standard InChI is InChI=1S/C19H28N8O3/c1-12(28)26-4-2-13(3-5-26)30-16-10-15(14-11-22-18(21)25-17(14)20)23-19(24-16)27-6-8-29-9-7-27/h10-11,13-14,17H,2-9,20H2,1H3,(H2,21,25). The first-order chi connectivity index (χ1) is 14.5. The molecule has 2 unspecified atom stereocenters. The van der Waals surface area contributed by atoms with Gasteiger partial charge in [0, 0.05) is 58.2 Å². The van der Waals surface area contributed by atoms with Gasteiger partial charge >= 0.3 is 0 Å². The maximum absolute atomic E-state index is 11.6. The average molecular weight is 416 g/mol. The third-order valence-electron chi connectivity index (χ3n) is 5.54. The van der Waals surface area contributed by atoms with Crippen molar-refractivity contribution in [2.75, 3.05) is 44.3 Å². The summed E-state index contributed by atoms with van der Waals surface area (Å²) in [5, 5.41) is 0. The number of aliphatic imine (C=N–C) groups is 2. The summed E-state index contributed by atoms with van der Waals surface area (Å²) in [6, 6.07) is 1.80. The van der Waals surface area contributed by atoms with Crippen molar-refractivity contribution in [3.8, 4) is 5.88 Å². The number of ether oxygens (including phenoxy) is 2. The lowest BCUT2D eigenvalue weighted by molar-refractivity contribution is -0.130. The molecule has 4 rings (SSSR count). The van der Waals surface area contributed by atoms with Gasteiger partial charge in [-0.2, -0.15) is 4.98 Å². The Bertz CT molecular complexity index is 831. The van der Waals surface area contributed by atoms with Crippen molar-refractivity contribution in [2.24, 2.45) is 21.5 Å². The zero-order chi connectivity index (χ0) is 21.1. The van der Waals surface area contributed by atoms with Crippen LogP contribution in [0.3, 0.4) is 0 Å². The highest BCUT2D eigenvalue weighted by Crippen LogP contribution is 2.26. The van der Waals surface area contributed by atoms with Gasteiger partial charge in [0.1, 0.15) is 12.3 Å². The number of morpholine rings is 1. The normalized spacial score (nSPS) is 25.2. The number of anilines is 1. The highest BCUT2D eigenvalue weighted by molar-refractivity contribution is 5.90. The molecule has 0 aliphatic carbocycles. The lowest BCUT2D eigenvalue weighted by Crippen LogP contribution is -2.41. The maximum atomic E-state index is 11.6. The molecule has 11 nitrogen and oxygen atoms in total. The summed E-state index contributed by atoms with van der Waals surface area (Å²) >= 11 is 0. The van der Waals surface area contributed by atoms with Crippen molar-refractivity contribution in [1.29, 1.82) is 0 Å². The molecule has 1 aromatic rings. The van der Waals surface area contributed by atoms with Crippen LogP contribution in [0.2, 0.25) is 0 Å². The number of carbonyl (C=O) groups excluding carboxylic acids is 1. The zero-order valence-corrected chi connectivity index (χ0v) is 17.1. The Hall–Kier alpha value is -2.79. The highest BCUT2D eigenvalue weighted by Gasteiger charge is 2.27. The van der Waals surface area contributed by atoms with E-state index in [1.807, 2.05) is 4.90 Å². The lowest BCUT2D eigenvalue weighted by atomic mass is 10.0. The van der Waals surface area contributed by atoms with Crippen LogP contribution in [0, 0.1) is 0 Å². The van der Waals surface area contributed by atoms with Crippen LogP contribution < -0.4 is 21.1 Å². The van der Waals surface area contributed by atoms with Gasteiger partial charge in [-0.1, -0.05) is 0 Å². The lowest BCUT2D eigenvalue weighted by Gasteiger charge is -2.32. The Kier molecular flexibility index (Phi) is 6.09. The van der Waals surface area contributed by atoms with E-state index >= 15 is 0 Å². The molecule has 3 aliphatic rings. The highest BCUT2D eigenvalue weighted by atomic mass is 16.5. The van der Waals surface area contributed by atoms with Crippen LogP contribution in [0.4, 0.5) is 5.95 Å². The van der Waals surface area contributed by atoms with Crippen LogP contribution in [-0.2, 0) is 9.53 Å². The van der Waals surface area contributed by atoms with Crippen LogP contribution >= 0.6 is 0 Å². The largest absolute Gasteiger partial charge is 0.474 e. The van der Waals surface area contributed by atoms with E-state index in [2.05, 4.69) is 19.9 Å². The fourth-order valence-corrected chi connectivity index (χ4v) is 3.79. The van der Waals surface area contributed by atoms with Crippen molar-refractivity contribution in [2.45, 2.75) is 38.0 Å². The van der Waals surface area contributed by atoms with Gasteiger partial charge in [-0.3, -0.25) is 4.79 Å². The minimum Gasteiger partial charge on any atom is -0.474 e. The number of carbonyl (C=O) groups is 1. The molecule has 1 amide bonds. The summed E-state index contributed by atoms with van der Waals surface area (Å²) in [7, 11) is 0. The number of amides is 1. The minimum absolute atomic E-state index is 0.0109. The van der Waals surface area contributed by atoms with Crippen molar-refractivity contribution in [3.05, 3.63) is 11.8 Å². The topological polar surface area (TPSA) is 145 Å². The minimum atomic E-state index is -0.568. The van der Waals surface area contributed by atoms with E-state index in [4.69, 9.17) is 25.9 Å². The third-order valence-corrected chi connectivity index (χ3v) is 5.54. The van der Waals surface area contributed by atoms with Crippen LogP contribution in [0.15, 0.2) is 16.1 Å². The van der Waals surface area contributed by atoms with Crippen molar-refractivity contribution in [3.63, 3.8) is 0 Å². The monoisotopic (exact) mass is 416 g/mol.